The Morgan fingerprint density at radius 2 is 1.94 bits per heavy atom. The molecule has 7 nitrogen and oxygen atoms in total. The van der Waals surface area contributed by atoms with Gasteiger partial charge in [-0.15, -0.1) is 4.33 Å². The SMILES string of the molecule is COOSN1CCN(CCCNS(C)(=O)=O)CC1. The highest BCUT2D eigenvalue weighted by atomic mass is 32.2. The molecule has 0 amide bonds. The molecule has 1 fully saturated rings. The van der Waals surface area contributed by atoms with E-state index in [9.17, 15) is 8.42 Å². The van der Waals surface area contributed by atoms with E-state index < -0.39 is 10.0 Å². The molecule has 1 N–H and O–H groups in total. The third-order valence-electron chi connectivity index (χ3n) is 2.55. The van der Waals surface area contributed by atoms with Gasteiger partial charge in [0.25, 0.3) is 0 Å². The quantitative estimate of drug-likeness (QED) is 0.217. The van der Waals surface area contributed by atoms with Gasteiger partial charge >= 0.3 is 0 Å². The van der Waals surface area contributed by atoms with Crippen LogP contribution in [0.2, 0.25) is 0 Å². The van der Waals surface area contributed by atoms with Crippen molar-refractivity contribution in [3.8, 4) is 0 Å². The van der Waals surface area contributed by atoms with Gasteiger partial charge in [-0.1, -0.05) is 0 Å². The minimum Gasteiger partial charge on any atom is -0.301 e. The molecule has 0 radical (unpaired) electrons. The van der Waals surface area contributed by atoms with Gasteiger partial charge in [-0.25, -0.2) is 22.3 Å². The van der Waals surface area contributed by atoms with E-state index in [-0.39, 0.29) is 0 Å². The molecule has 9 heteroatoms. The summed E-state index contributed by atoms with van der Waals surface area (Å²) in [4.78, 5) is 6.84. The van der Waals surface area contributed by atoms with E-state index >= 15 is 0 Å². The van der Waals surface area contributed by atoms with Gasteiger partial charge < -0.3 is 4.90 Å². The first-order valence-electron chi connectivity index (χ1n) is 5.80. The van der Waals surface area contributed by atoms with Gasteiger partial charge in [0.15, 0.2) is 0 Å². The van der Waals surface area contributed by atoms with Crippen LogP contribution in [0.5, 0.6) is 0 Å². The van der Waals surface area contributed by atoms with E-state index in [0.29, 0.717) is 6.54 Å². The van der Waals surface area contributed by atoms with E-state index in [1.165, 1.54) is 25.6 Å². The molecule has 1 aliphatic rings. The number of sulfonamides is 1. The Kier molecular flexibility index (Phi) is 7.46. The molecule has 1 rings (SSSR count). The molecule has 18 heavy (non-hydrogen) atoms. The van der Waals surface area contributed by atoms with Crippen molar-refractivity contribution in [2.45, 2.75) is 6.42 Å². The van der Waals surface area contributed by atoms with Crippen molar-refractivity contribution in [2.75, 3.05) is 52.6 Å². The predicted octanol–water partition coefficient (Wildman–Crippen LogP) is -0.315. The number of piperazine rings is 1. The number of nitrogens with one attached hydrogen (secondary N) is 1. The topological polar surface area (TPSA) is 71.1 Å². The fraction of sp³-hybridized carbons (Fsp3) is 1.00. The normalized spacial score (nSPS) is 19.2. The first-order chi connectivity index (χ1) is 8.51. The van der Waals surface area contributed by atoms with Crippen LogP contribution in [0, 0.1) is 0 Å². The lowest BCUT2D eigenvalue weighted by atomic mass is 10.3. The Balaban J connectivity index is 2.05. The third kappa shape index (κ3) is 7.52. The van der Waals surface area contributed by atoms with Crippen molar-refractivity contribution in [3.63, 3.8) is 0 Å². The molecule has 1 saturated heterocycles. The van der Waals surface area contributed by atoms with Crippen molar-refractivity contribution in [1.29, 1.82) is 0 Å². The summed E-state index contributed by atoms with van der Waals surface area (Å²) in [5, 5.41) is 0. The lowest BCUT2D eigenvalue weighted by molar-refractivity contribution is -0.164. The van der Waals surface area contributed by atoms with Crippen LogP contribution in [0.3, 0.4) is 0 Å². The Morgan fingerprint density at radius 1 is 1.28 bits per heavy atom. The van der Waals surface area contributed by atoms with Gasteiger partial charge in [-0.2, -0.15) is 0 Å². The Hall–Kier alpha value is 0.1000. The lowest BCUT2D eigenvalue weighted by Gasteiger charge is -2.32. The highest BCUT2D eigenvalue weighted by Crippen LogP contribution is 2.14. The lowest BCUT2D eigenvalue weighted by Crippen LogP contribution is -2.44. The zero-order chi connectivity index (χ0) is 13.4. The molecule has 0 atom stereocenters. The number of rotatable bonds is 8. The summed E-state index contributed by atoms with van der Waals surface area (Å²) in [6.07, 6.45) is 2.01. The summed E-state index contributed by atoms with van der Waals surface area (Å²) < 4.78 is 31.1. The van der Waals surface area contributed by atoms with Crippen molar-refractivity contribution in [2.24, 2.45) is 0 Å². The molecule has 0 aromatic carbocycles. The fourth-order valence-electron chi connectivity index (χ4n) is 1.66. The Morgan fingerprint density at radius 3 is 2.50 bits per heavy atom. The standard InChI is InChI=1S/C9H21N3O4S2/c1-15-16-17-12-8-6-11(7-9-12)5-3-4-10-18(2,13)14/h10H,3-9H2,1-2H3. The van der Waals surface area contributed by atoms with Crippen LogP contribution in [-0.2, 0) is 19.2 Å². The second kappa shape index (κ2) is 8.31. The number of nitrogens with zero attached hydrogens (tertiary/aromatic N) is 2. The molecular weight excluding hydrogens is 278 g/mol. The summed E-state index contributed by atoms with van der Waals surface area (Å²) >= 11 is 1.22. The average molecular weight is 299 g/mol. The summed E-state index contributed by atoms with van der Waals surface area (Å²) in [6, 6.07) is 0. The molecule has 0 aromatic rings. The molecule has 0 bridgehead atoms. The monoisotopic (exact) mass is 299 g/mol. The van der Waals surface area contributed by atoms with Gasteiger partial charge in [-0.05, 0) is 13.0 Å². The molecule has 0 spiro atoms. The second-order valence-electron chi connectivity index (χ2n) is 4.10. The number of hydrogen-bond donors (Lipinski definition) is 1. The van der Waals surface area contributed by atoms with Crippen LogP contribution in [0.25, 0.3) is 0 Å². The fourth-order valence-corrected chi connectivity index (χ4v) is 2.64. The largest absolute Gasteiger partial charge is 0.301 e. The molecule has 0 unspecified atom stereocenters. The van der Waals surface area contributed by atoms with Crippen molar-refractivity contribution in [1.82, 2.24) is 13.9 Å². The van der Waals surface area contributed by atoms with Crippen LogP contribution in [0.1, 0.15) is 6.42 Å². The van der Waals surface area contributed by atoms with Gasteiger partial charge in [-0.3, -0.25) is 0 Å². The summed E-state index contributed by atoms with van der Waals surface area (Å²) in [5.41, 5.74) is 0. The zero-order valence-electron chi connectivity index (χ0n) is 10.8. The van der Waals surface area contributed by atoms with Crippen LogP contribution >= 0.6 is 12.2 Å². The van der Waals surface area contributed by atoms with E-state index in [1.807, 2.05) is 0 Å². The van der Waals surface area contributed by atoms with Crippen LogP contribution in [-0.4, -0.2) is 70.3 Å². The first-order valence-corrected chi connectivity index (χ1v) is 8.39. The number of hydrogen-bond acceptors (Lipinski definition) is 7. The molecule has 0 aromatic heterocycles. The zero-order valence-corrected chi connectivity index (χ0v) is 12.4. The molecular formula is C9H21N3O4S2. The van der Waals surface area contributed by atoms with Crippen LogP contribution in [0.15, 0.2) is 0 Å². The maximum absolute atomic E-state index is 10.9. The van der Waals surface area contributed by atoms with E-state index in [0.717, 1.165) is 39.1 Å². The van der Waals surface area contributed by atoms with Gasteiger partial charge in [0.05, 0.1) is 13.4 Å². The Labute approximate surface area is 113 Å². The van der Waals surface area contributed by atoms with Crippen LogP contribution in [0.4, 0.5) is 0 Å². The molecule has 0 aliphatic carbocycles. The highest BCUT2D eigenvalue weighted by Gasteiger charge is 2.17. The summed E-state index contributed by atoms with van der Waals surface area (Å²) in [5.74, 6) is 0. The molecule has 1 aliphatic heterocycles. The summed E-state index contributed by atoms with van der Waals surface area (Å²) in [6.45, 7) is 5.14. The average Bonchev–Trinajstić information content (AvgIpc) is 2.32. The first kappa shape index (κ1) is 16.2. The van der Waals surface area contributed by atoms with E-state index in [4.69, 9.17) is 4.33 Å². The molecule has 0 saturated carbocycles. The molecule has 108 valence electrons. The summed E-state index contributed by atoms with van der Waals surface area (Å²) in [7, 11) is -1.57. The maximum Gasteiger partial charge on any atom is 0.208 e. The third-order valence-corrected chi connectivity index (χ3v) is 4.05. The van der Waals surface area contributed by atoms with Gasteiger partial charge in [0.1, 0.15) is 12.2 Å². The maximum atomic E-state index is 10.9. The van der Waals surface area contributed by atoms with E-state index in [1.54, 1.807) is 0 Å². The smallest absolute Gasteiger partial charge is 0.208 e. The van der Waals surface area contributed by atoms with Crippen LogP contribution < -0.4 is 4.72 Å². The Bertz CT molecular complexity index is 318. The highest BCUT2D eigenvalue weighted by molar-refractivity contribution is 7.92. The predicted molar refractivity (Wildman–Crippen MR) is 71.2 cm³/mol. The van der Waals surface area contributed by atoms with Crippen molar-refractivity contribution < 1.29 is 17.6 Å². The molecule has 1 heterocycles. The van der Waals surface area contributed by atoms with Gasteiger partial charge in [0, 0.05) is 32.7 Å². The van der Waals surface area contributed by atoms with Crippen molar-refractivity contribution in [3.05, 3.63) is 0 Å². The van der Waals surface area contributed by atoms with E-state index in [2.05, 4.69) is 18.8 Å². The minimum atomic E-state index is -3.06. The van der Waals surface area contributed by atoms with Gasteiger partial charge in [0.2, 0.25) is 10.0 Å². The minimum absolute atomic E-state index is 0.501. The second-order valence-corrected chi connectivity index (χ2v) is 6.73. The van der Waals surface area contributed by atoms with Crippen molar-refractivity contribution >= 4 is 22.3 Å².